The molecule has 0 aromatic heterocycles. The number of carbonyl (C=O) groups is 2. The Morgan fingerprint density at radius 2 is 1.77 bits per heavy atom. The summed E-state index contributed by atoms with van der Waals surface area (Å²) in [7, 11) is 0. The molecule has 0 radical (unpaired) electrons. The average Bonchev–Trinajstić information content (AvgIpc) is 3.14. The predicted molar refractivity (Wildman–Crippen MR) is 132 cm³/mol. The van der Waals surface area contributed by atoms with Crippen LogP contribution >= 0.6 is 0 Å². The highest BCUT2D eigenvalue weighted by molar-refractivity contribution is 6.31. The van der Waals surface area contributed by atoms with E-state index >= 15 is 0 Å². The molecule has 1 N–H and O–H groups in total. The molecule has 4 rings (SSSR count). The molecule has 0 saturated carbocycles. The number of carbonyl (C=O) groups excluding carboxylic acids is 2. The van der Waals surface area contributed by atoms with E-state index in [9.17, 15) is 14.0 Å². The zero-order valence-electron chi connectivity index (χ0n) is 19.3. The second-order valence-corrected chi connectivity index (χ2v) is 7.82. The largest absolute Gasteiger partial charge is 0.490 e. The first-order valence-corrected chi connectivity index (χ1v) is 11.2. The molecule has 0 aliphatic carbocycles. The Bertz CT molecular complexity index is 1270. The van der Waals surface area contributed by atoms with E-state index < -0.39 is 11.8 Å². The Hall–Kier alpha value is -4.39. The monoisotopic (exact) mass is 472 g/mol. The second kappa shape index (κ2) is 10.7. The van der Waals surface area contributed by atoms with E-state index in [4.69, 9.17) is 9.47 Å². The van der Waals surface area contributed by atoms with Crippen LogP contribution in [-0.4, -0.2) is 18.4 Å². The molecule has 178 valence electrons. The highest BCUT2D eigenvalue weighted by Crippen LogP contribution is 2.36. The van der Waals surface area contributed by atoms with Crippen LogP contribution in [0.4, 0.5) is 10.1 Å². The molecule has 0 unspecified atom stereocenters. The van der Waals surface area contributed by atoms with Crippen molar-refractivity contribution in [1.29, 1.82) is 0 Å². The van der Waals surface area contributed by atoms with Crippen LogP contribution in [0, 0.1) is 5.82 Å². The lowest BCUT2D eigenvalue weighted by Crippen LogP contribution is -2.35. The van der Waals surface area contributed by atoms with Crippen molar-refractivity contribution in [2.45, 2.75) is 20.0 Å². The van der Waals surface area contributed by atoms with Gasteiger partial charge in [-0.3, -0.25) is 15.0 Å². The van der Waals surface area contributed by atoms with Crippen LogP contribution in [0.3, 0.4) is 0 Å². The smallest absolute Gasteiger partial charge is 0.282 e. The predicted octanol–water partition coefficient (Wildman–Crippen LogP) is 4.99. The quantitative estimate of drug-likeness (QED) is 0.271. The molecule has 0 atom stereocenters. The SMILES string of the molecule is C=CCc1cc(/C=C2/C(=O)NN(c3ccccc3)C2=O)cc(OCC)c1OCc1ccc(F)cc1. The summed E-state index contributed by atoms with van der Waals surface area (Å²) in [5.74, 6) is -0.234. The van der Waals surface area contributed by atoms with Crippen molar-refractivity contribution in [3.8, 4) is 11.5 Å². The third kappa shape index (κ3) is 5.41. The zero-order chi connectivity index (χ0) is 24.8. The fraction of sp³-hybridized carbons (Fsp3) is 0.143. The van der Waals surface area contributed by atoms with Crippen molar-refractivity contribution >= 4 is 23.6 Å². The molecule has 2 amide bonds. The number of nitrogens with zero attached hydrogens (tertiary/aromatic N) is 1. The molecule has 1 aliphatic rings. The number of ether oxygens (including phenoxy) is 2. The first kappa shape index (κ1) is 23.8. The molecule has 35 heavy (non-hydrogen) atoms. The van der Waals surface area contributed by atoms with Gasteiger partial charge in [0.1, 0.15) is 18.0 Å². The molecule has 6 nitrogen and oxygen atoms in total. The Balaban J connectivity index is 1.66. The van der Waals surface area contributed by atoms with Gasteiger partial charge < -0.3 is 9.47 Å². The van der Waals surface area contributed by atoms with Gasteiger partial charge in [0, 0.05) is 5.56 Å². The van der Waals surface area contributed by atoms with Crippen molar-refractivity contribution in [3.05, 3.63) is 107 Å². The van der Waals surface area contributed by atoms with Gasteiger partial charge in [-0.15, -0.1) is 6.58 Å². The molecule has 7 heteroatoms. The molecule has 1 heterocycles. The van der Waals surface area contributed by atoms with Gasteiger partial charge in [-0.2, -0.15) is 0 Å². The average molecular weight is 473 g/mol. The Morgan fingerprint density at radius 1 is 1.03 bits per heavy atom. The van der Waals surface area contributed by atoms with Crippen molar-refractivity contribution in [2.24, 2.45) is 0 Å². The van der Waals surface area contributed by atoms with Gasteiger partial charge in [-0.05, 0) is 66.9 Å². The number of anilines is 1. The molecule has 3 aromatic carbocycles. The van der Waals surface area contributed by atoms with Crippen molar-refractivity contribution < 1.29 is 23.5 Å². The fourth-order valence-electron chi connectivity index (χ4n) is 3.72. The van der Waals surface area contributed by atoms with Crippen LogP contribution in [0.2, 0.25) is 0 Å². The Labute approximate surface area is 203 Å². The van der Waals surface area contributed by atoms with E-state index in [1.165, 1.54) is 17.1 Å². The molecule has 1 fully saturated rings. The standard InChI is InChI=1S/C28H25FN2O4/c1-3-8-21-15-20(16-24-27(32)30-31(28(24)33)23-9-6-5-7-10-23)17-25(34-4-2)26(21)35-18-19-11-13-22(29)14-12-19/h3,5-7,9-17H,1,4,8,18H2,2H3,(H,30,32)/b24-16-. The number of hydrazine groups is 1. The number of para-hydroxylation sites is 1. The van der Waals surface area contributed by atoms with Crippen molar-refractivity contribution in [1.82, 2.24) is 5.43 Å². The molecular formula is C28H25FN2O4. The summed E-state index contributed by atoms with van der Waals surface area (Å²) in [5, 5.41) is 1.22. The normalized spacial score (nSPS) is 14.2. The maximum Gasteiger partial charge on any atom is 0.282 e. The fourth-order valence-corrected chi connectivity index (χ4v) is 3.72. The van der Waals surface area contributed by atoms with Crippen LogP contribution in [0.25, 0.3) is 6.08 Å². The number of hydrogen-bond donors (Lipinski definition) is 1. The maximum atomic E-state index is 13.2. The summed E-state index contributed by atoms with van der Waals surface area (Å²) < 4.78 is 25.1. The lowest BCUT2D eigenvalue weighted by Gasteiger charge is -2.17. The number of rotatable bonds is 9. The molecule has 0 bridgehead atoms. The van der Waals surface area contributed by atoms with Gasteiger partial charge in [0.2, 0.25) is 0 Å². The van der Waals surface area contributed by atoms with Gasteiger partial charge in [0.25, 0.3) is 11.8 Å². The first-order valence-electron chi connectivity index (χ1n) is 11.2. The van der Waals surface area contributed by atoms with Gasteiger partial charge in [-0.25, -0.2) is 9.40 Å². The lowest BCUT2D eigenvalue weighted by atomic mass is 10.0. The molecule has 0 spiro atoms. The summed E-state index contributed by atoms with van der Waals surface area (Å²) in [4.78, 5) is 25.6. The first-order chi connectivity index (χ1) is 17.0. The topological polar surface area (TPSA) is 67.9 Å². The minimum absolute atomic E-state index is 0.0147. The number of amides is 2. The van der Waals surface area contributed by atoms with Crippen LogP contribution in [0.15, 0.2) is 85.0 Å². The molecule has 1 saturated heterocycles. The number of nitrogens with one attached hydrogen (secondary N) is 1. The van der Waals surface area contributed by atoms with E-state index in [0.29, 0.717) is 35.8 Å². The number of benzene rings is 3. The van der Waals surface area contributed by atoms with E-state index in [1.54, 1.807) is 54.6 Å². The zero-order valence-corrected chi connectivity index (χ0v) is 19.3. The van der Waals surface area contributed by atoms with Gasteiger partial charge in [0.15, 0.2) is 11.5 Å². The van der Waals surface area contributed by atoms with E-state index in [-0.39, 0.29) is 18.0 Å². The van der Waals surface area contributed by atoms with Gasteiger partial charge >= 0.3 is 0 Å². The van der Waals surface area contributed by atoms with E-state index in [1.807, 2.05) is 19.1 Å². The number of halogens is 1. The third-order valence-corrected chi connectivity index (χ3v) is 5.33. The molecule has 3 aromatic rings. The maximum absolute atomic E-state index is 13.2. The minimum Gasteiger partial charge on any atom is -0.490 e. The Morgan fingerprint density at radius 3 is 2.46 bits per heavy atom. The molecular weight excluding hydrogens is 447 g/mol. The van der Waals surface area contributed by atoms with Crippen LogP contribution < -0.4 is 19.9 Å². The van der Waals surface area contributed by atoms with Crippen LogP contribution in [0.1, 0.15) is 23.6 Å². The summed E-state index contributed by atoms with van der Waals surface area (Å²) in [6.45, 7) is 6.29. The summed E-state index contributed by atoms with van der Waals surface area (Å²) in [6, 6.07) is 18.5. The highest BCUT2D eigenvalue weighted by atomic mass is 19.1. The van der Waals surface area contributed by atoms with Crippen molar-refractivity contribution in [3.63, 3.8) is 0 Å². The van der Waals surface area contributed by atoms with E-state index in [2.05, 4.69) is 12.0 Å². The molecule has 1 aliphatic heterocycles. The summed E-state index contributed by atoms with van der Waals surface area (Å²) in [6.07, 6.45) is 3.75. The van der Waals surface area contributed by atoms with Crippen molar-refractivity contribution in [2.75, 3.05) is 11.6 Å². The van der Waals surface area contributed by atoms with Crippen LogP contribution in [0.5, 0.6) is 11.5 Å². The van der Waals surface area contributed by atoms with E-state index in [0.717, 1.165) is 11.1 Å². The lowest BCUT2D eigenvalue weighted by molar-refractivity contribution is -0.117. The highest BCUT2D eigenvalue weighted by Gasteiger charge is 2.34. The third-order valence-electron chi connectivity index (χ3n) is 5.33. The summed E-state index contributed by atoms with van der Waals surface area (Å²) in [5.41, 5.74) is 5.39. The minimum atomic E-state index is -0.487. The summed E-state index contributed by atoms with van der Waals surface area (Å²) >= 11 is 0. The second-order valence-electron chi connectivity index (χ2n) is 7.82. The Kier molecular flexibility index (Phi) is 7.26. The van der Waals surface area contributed by atoms with Gasteiger partial charge in [-0.1, -0.05) is 36.4 Å². The number of hydrogen-bond acceptors (Lipinski definition) is 4. The van der Waals surface area contributed by atoms with Crippen LogP contribution in [-0.2, 0) is 22.6 Å². The number of allylic oxidation sites excluding steroid dienone is 1. The van der Waals surface area contributed by atoms with Gasteiger partial charge in [0.05, 0.1) is 12.3 Å².